The third-order valence-corrected chi connectivity index (χ3v) is 4.56. The second kappa shape index (κ2) is 8.19. The van der Waals surface area contributed by atoms with Crippen LogP contribution in [0.1, 0.15) is 51.4 Å². The number of rotatable bonds is 5. The quantitative estimate of drug-likeness (QED) is 0.575. The summed E-state index contributed by atoms with van der Waals surface area (Å²) in [5.41, 5.74) is 14.9. The van der Waals surface area contributed by atoms with Crippen molar-refractivity contribution in [2.45, 2.75) is 52.2 Å². The minimum absolute atomic E-state index is 0.234. The fraction of sp³-hybridized carbons (Fsp3) is 0.409. The third-order valence-electron chi connectivity index (χ3n) is 4.56. The molecule has 152 valence electrons. The van der Waals surface area contributed by atoms with Crippen LogP contribution in [0.2, 0.25) is 0 Å². The Morgan fingerprint density at radius 3 is 2.66 bits per heavy atom. The molecule has 0 aliphatic rings. The number of nitrogens with zero attached hydrogens (tertiary/aromatic N) is 4. The van der Waals surface area contributed by atoms with Gasteiger partial charge in [-0.25, -0.2) is 15.0 Å². The zero-order chi connectivity index (χ0) is 21.2. The monoisotopic (exact) mass is 392 g/mol. The Morgan fingerprint density at radius 2 is 2.00 bits per heavy atom. The molecule has 3 aromatic rings. The first-order chi connectivity index (χ1) is 13.7. The maximum atomic E-state index is 9.90. The second-order valence-corrected chi connectivity index (χ2v) is 7.93. The first-order valence-electron chi connectivity index (χ1n) is 9.77. The van der Waals surface area contributed by atoms with Crippen molar-refractivity contribution in [2.24, 2.45) is 5.73 Å². The second-order valence-electron chi connectivity index (χ2n) is 7.93. The molecule has 0 unspecified atom stereocenters. The van der Waals surface area contributed by atoms with Gasteiger partial charge in [0, 0.05) is 29.4 Å². The van der Waals surface area contributed by atoms with Crippen LogP contribution in [0.5, 0.6) is 0 Å². The Labute approximate surface area is 171 Å². The summed E-state index contributed by atoms with van der Waals surface area (Å²) >= 11 is 0. The molecule has 5 N–H and O–H groups in total. The van der Waals surface area contributed by atoms with Crippen LogP contribution in [0.4, 0.5) is 5.95 Å². The molecule has 3 heterocycles. The number of nitrogen functional groups attached to an aromatic ring is 1. The molecule has 0 bridgehead atoms. The summed E-state index contributed by atoms with van der Waals surface area (Å²) in [7, 11) is 0. The summed E-state index contributed by atoms with van der Waals surface area (Å²) in [4.78, 5) is 13.2. The zero-order valence-corrected chi connectivity index (χ0v) is 17.4. The standard InChI is InChI=1S/C22H28N6O/c1-14(2)28-13-18(20-15(6-5-9-23)11-26-21(24)27-20)17-10-16(25-12-19(17)28)7-8-22(3,4)29/h10-14,29H,5-6,9,23H2,1-4H3,(H2,24,26,27). The summed E-state index contributed by atoms with van der Waals surface area (Å²) in [6, 6.07) is 2.18. The van der Waals surface area contributed by atoms with Gasteiger partial charge in [0.25, 0.3) is 0 Å². The van der Waals surface area contributed by atoms with Crippen LogP contribution in [-0.2, 0) is 6.42 Å². The third kappa shape index (κ3) is 4.73. The maximum absolute atomic E-state index is 9.90. The topological polar surface area (TPSA) is 116 Å². The average molecular weight is 393 g/mol. The molecular weight excluding hydrogens is 364 g/mol. The fourth-order valence-corrected chi connectivity index (χ4v) is 3.18. The number of aryl methyl sites for hydroxylation is 1. The van der Waals surface area contributed by atoms with Gasteiger partial charge in [0.2, 0.25) is 5.95 Å². The average Bonchev–Trinajstić information content (AvgIpc) is 3.04. The van der Waals surface area contributed by atoms with Crippen LogP contribution in [-0.4, -0.2) is 36.8 Å². The minimum atomic E-state index is -1.08. The van der Waals surface area contributed by atoms with Crippen LogP contribution in [0, 0.1) is 11.8 Å². The normalized spacial score (nSPS) is 11.7. The highest BCUT2D eigenvalue weighted by molar-refractivity contribution is 5.96. The molecule has 7 nitrogen and oxygen atoms in total. The number of hydrogen-bond acceptors (Lipinski definition) is 6. The molecule has 0 spiro atoms. The van der Waals surface area contributed by atoms with Gasteiger partial charge in [0.1, 0.15) is 11.3 Å². The van der Waals surface area contributed by atoms with Crippen molar-refractivity contribution in [1.82, 2.24) is 19.5 Å². The summed E-state index contributed by atoms with van der Waals surface area (Å²) in [5.74, 6) is 6.01. The molecule has 0 saturated carbocycles. The van der Waals surface area contributed by atoms with Gasteiger partial charge in [-0.15, -0.1) is 0 Å². The Bertz CT molecular complexity index is 1080. The summed E-state index contributed by atoms with van der Waals surface area (Å²) in [6.07, 6.45) is 7.29. The van der Waals surface area contributed by atoms with E-state index in [9.17, 15) is 5.11 Å². The molecule has 3 aromatic heterocycles. The zero-order valence-electron chi connectivity index (χ0n) is 17.4. The van der Waals surface area contributed by atoms with Gasteiger partial charge in [0.05, 0.1) is 17.4 Å². The molecular formula is C22H28N6O. The molecule has 0 aliphatic heterocycles. The van der Waals surface area contributed by atoms with Crippen LogP contribution >= 0.6 is 0 Å². The lowest BCUT2D eigenvalue weighted by molar-refractivity contribution is 0.143. The number of hydrogen-bond donors (Lipinski definition) is 3. The predicted molar refractivity (Wildman–Crippen MR) is 116 cm³/mol. The van der Waals surface area contributed by atoms with E-state index in [4.69, 9.17) is 11.5 Å². The van der Waals surface area contributed by atoms with Crippen molar-refractivity contribution in [3.63, 3.8) is 0 Å². The number of aliphatic hydroxyl groups is 1. The van der Waals surface area contributed by atoms with Crippen molar-refractivity contribution >= 4 is 16.9 Å². The smallest absolute Gasteiger partial charge is 0.220 e. The van der Waals surface area contributed by atoms with E-state index >= 15 is 0 Å². The Kier molecular flexibility index (Phi) is 5.87. The highest BCUT2D eigenvalue weighted by atomic mass is 16.3. The number of pyridine rings is 1. The van der Waals surface area contributed by atoms with E-state index in [1.807, 2.05) is 12.3 Å². The van der Waals surface area contributed by atoms with E-state index in [0.717, 1.165) is 40.6 Å². The lowest BCUT2D eigenvalue weighted by Crippen LogP contribution is -2.14. The molecule has 0 aromatic carbocycles. The predicted octanol–water partition coefficient (Wildman–Crippen LogP) is 2.67. The Balaban J connectivity index is 2.24. The lowest BCUT2D eigenvalue weighted by atomic mass is 10.0. The van der Waals surface area contributed by atoms with E-state index in [0.29, 0.717) is 12.2 Å². The number of fused-ring (bicyclic) bond motifs is 1. The molecule has 0 radical (unpaired) electrons. The summed E-state index contributed by atoms with van der Waals surface area (Å²) in [5, 5.41) is 10.9. The number of anilines is 1. The molecule has 0 amide bonds. The van der Waals surface area contributed by atoms with Crippen molar-refractivity contribution < 1.29 is 5.11 Å². The Hall–Kier alpha value is -2.95. The summed E-state index contributed by atoms with van der Waals surface area (Å²) < 4.78 is 2.16. The van der Waals surface area contributed by atoms with E-state index < -0.39 is 5.60 Å². The Morgan fingerprint density at radius 1 is 1.24 bits per heavy atom. The van der Waals surface area contributed by atoms with E-state index in [-0.39, 0.29) is 12.0 Å². The molecule has 3 rings (SSSR count). The lowest BCUT2D eigenvalue weighted by Gasteiger charge is -2.09. The van der Waals surface area contributed by atoms with Crippen molar-refractivity contribution in [2.75, 3.05) is 12.3 Å². The van der Waals surface area contributed by atoms with Crippen LogP contribution < -0.4 is 11.5 Å². The van der Waals surface area contributed by atoms with Gasteiger partial charge in [-0.2, -0.15) is 0 Å². The molecule has 0 saturated heterocycles. The number of aromatic nitrogens is 4. The van der Waals surface area contributed by atoms with E-state index in [1.54, 1.807) is 20.0 Å². The van der Waals surface area contributed by atoms with Crippen molar-refractivity contribution in [3.05, 3.63) is 35.9 Å². The molecule has 0 atom stereocenters. The van der Waals surface area contributed by atoms with Gasteiger partial charge in [-0.1, -0.05) is 5.92 Å². The van der Waals surface area contributed by atoms with Crippen LogP contribution in [0.3, 0.4) is 0 Å². The van der Waals surface area contributed by atoms with Crippen LogP contribution in [0.25, 0.3) is 22.2 Å². The molecule has 0 fully saturated rings. The summed E-state index contributed by atoms with van der Waals surface area (Å²) in [6.45, 7) is 8.13. The molecule has 7 heteroatoms. The fourth-order valence-electron chi connectivity index (χ4n) is 3.18. The van der Waals surface area contributed by atoms with Gasteiger partial charge in [-0.3, -0.25) is 0 Å². The highest BCUT2D eigenvalue weighted by Gasteiger charge is 2.18. The van der Waals surface area contributed by atoms with Gasteiger partial charge >= 0.3 is 0 Å². The largest absolute Gasteiger partial charge is 0.378 e. The highest BCUT2D eigenvalue weighted by Crippen LogP contribution is 2.34. The van der Waals surface area contributed by atoms with Gasteiger partial charge in [0.15, 0.2) is 0 Å². The minimum Gasteiger partial charge on any atom is -0.378 e. The molecule has 0 aliphatic carbocycles. The van der Waals surface area contributed by atoms with Gasteiger partial charge in [-0.05, 0) is 64.6 Å². The van der Waals surface area contributed by atoms with E-state index in [1.165, 1.54) is 0 Å². The molecule has 29 heavy (non-hydrogen) atoms. The maximum Gasteiger partial charge on any atom is 0.220 e. The SMILES string of the molecule is CC(C)n1cc(-c2nc(N)ncc2CCCN)c2cc(C#CC(C)(C)O)ncc21. The first kappa shape index (κ1) is 20.8. The van der Waals surface area contributed by atoms with Crippen LogP contribution in [0.15, 0.2) is 24.7 Å². The van der Waals surface area contributed by atoms with E-state index in [2.05, 4.69) is 51.4 Å². The van der Waals surface area contributed by atoms with Gasteiger partial charge < -0.3 is 21.1 Å². The van der Waals surface area contributed by atoms with Crippen molar-refractivity contribution in [1.29, 1.82) is 0 Å². The first-order valence-corrected chi connectivity index (χ1v) is 9.77. The van der Waals surface area contributed by atoms with Crippen molar-refractivity contribution in [3.8, 4) is 23.1 Å². The number of nitrogens with two attached hydrogens (primary N) is 2.